The molecule has 2 N–H and O–H groups in total. The number of hydrogen-bond donors (Lipinski definition) is 2. The van der Waals surface area contributed by atoms with E-state index in [0.717, 1.165) is 6.07 Å². The highest BCUT2D eigenvalue weighted by atomic mass is 35.5. The lowest BCUT2D eigenvalue weighted by atomic mass is 10.2. The Kier molecular flexibility index (Phi) is 5.62. The Hall–Kier alpha value is -3.81. The normalized spacial score (nSPS) is 10.8. The summed E-state index contributed by atoms with van der Waals surface area (Å²) in [4.78, 5) is 14.5. The Bertz CT molecular complexity index is 1280. The second kappa shape index (κ2) is 8.51. The number of likely N-dealkylation sites (N-methyl/N-ethyl adjacent to an activating group) is 1. The first kappa shape index (κ1) is 20.5. The first-order valence-electron chi connectivity index (χ1n) is 9.14. The molecule has 0 amide bonds. The summed E-state index contributed by atoms with van der Waals surface area (Å²) in [5, 5.41) is 26.2. The van der Waals surface area contributed by atoms with Gasteiger partial charge in [-0.25, -0.2) is 24.0 Å². The fraction of sp³-hybridized carbons (Fsp3) is 0.150. The van der Waals surface area contributed by atoms with E-state index in [0.29, 0.717) is 34.9 Å². The van der Waals surface area contributed by atoms with Gasteiger partial charge in [0.25, 0.3) is 0 Å². The monoisotopic (exact) mass is 438 g/mol. The third kappa shape index (κ3) is 4.09. The van der Waals surface area contributed by atoms with Crippen LogP contribution in [0, 0.1) is 17.1 Å². The van der Waals surface area contributed by atoms with E-state index < -0.39 is 5.82 Å². The molecule has 1 aromatic carbocycles. The van der Waals surface area contributed by atoms with E-state index in [1.54, 1.807) is 36.5 Å². The molecule has 0 fully saturated rings. The highest BCUT2D eigenvalue weighted by Crippen LogP contribution is 2.29. The summed E-state index contributed by atoms with van der Waals surface area (Å²) in [7, 11) is 1.81. The van der Waals surface area contributed by atoms with Gasteiger partial charge >= 0.3 is 0 Å². The largest absolute Gasteiger partial charge is 0.395 e. The highest BCUT2D eigenvalue weighted by Gasteiger charge is 2.16. The lowest BCUT2D eigenvalue weighted by Crippen LogP contribution is -2.22. The topological polar surface area (TPSA) is 116 Å². The quantitative estimate of drug-likeness (QED) is 0.472. The molecule has 0 unspecified atom stereocenters. The van der Waals surface area contributed by atoms with Crippen LogP contribution < -0.4 is 10.2 Å². The molecule has 0 saturated carbocycles. The predicted octanol–water partition coefficient (Wildman–Crippen LogP) is 3.05. The molecule has 11 heteroatoms. The summed E-state index contributed by atoms with van der Waals surface area (Å²) < 4.78 is 16.0. The molecule has 0 aliphatic rings. The Balaban J connectivity index is 1.71. The number of nitriles is 1. The number of aliphatic hydroxyl groups is 1. The lowest BCUT2D eigenvalue weighted by Gasteiger charge is -2.17. The molecule has 3 aromatic heterocycles. The van der Waals surface area contributed by atoms with Crippen LogP contribution in [-0.2, 0) is 0 Å². The zero-order chi connectivity index (χ0) is 22.0. The minimum atomic E-state index is -0.660. The molecule has 4 aromatic rings. The second-order valence-electron chi connectivity index (χ2n) is 6.62. The number of aromatic nitrogens is 5. The molecule has 4 rings (SSSR count). The number of halogens is 2. The summed E-state index contributed by atoms with van der Waals surface area (Å²) in [6, 6.07) is 7.78. The fourth-order valence-electron chi connectivity index (χ4n) is 3.02. The van der Waals surface area contributed by atoms with Crippen molar-refractivity contribution in [1.29, 1.82) is 5.26 Å². The number of nitrogens with zero attached hydrogens (tertiary/aromatic N) is 7. The lowest BCUT2D eigenvalue weighted by molar-refractivity contribution is 0.304. The zero-order valence-corrected chi connectivity index (χ0v) is 17.0. The third-order valence-electron chi connectivity index (χ3n) is 4.55. The number of pyridine rings is 1. The maximum atomic E-state index is 14.7. The highest BCUT2D eigenvalue weighted by molar-refractivity contribution is 6.32. The van der Waals surface area contributed by atoms with Gasteiger partial charge in [-0.05, 0) is 12.1 Å². The van der Waals surface area contributed by atoms with Crippen LogP contribution in [0.2, 0.25) is 5.02 Å². The standard InChI is InChI=1S/C20H16ClFN8O/c1-29(2-3-31)19-7-18(25-11-26-19)28-17-6-16-13(9-24-17)10-27-30(16)20-14(21)4-12(8-23)5-15(20)22/h4-7,9-11,31H,2-3H2,1H3,(H,24,25,26,28). The predicted molar refractivity (Wildman–Crippen MR) is 114 cm³/mol. The summed E-state index contributed by atoms with van der Waals surface area (Å²) in [5.74, 6) is 0.918. The average molecular weight is 439 g/mol. The summed E-state index contributed by atoms with van der Waals surface area (Å²) in [6.07, 6.45) is 4.55. The Labute approximate surface area is 181 Å². The van der Waals surface area contributed by atoms with Crippen molar-refractivity contribution in [2.45, 2.75) is 0 Å². The molecule has 3 heterocycles. The Morgan fingerprint density at radius 2 is 2.00 bits per heavy atom. The van der Waals surface area contributed by atoms with Gasteiger partial charge in [0, 0.05) is 37.3 Å². The number of fused-ring (bicyclic) bond motifs is 1. The molecule has 0 bridgehead atoms. The first-order valence-corrected chi connectivity index (χ1v) is 9.52. The van der Waals surface area contributed by atoms with Gasteiger partial charge in [0.05, 0.1) is 35.0 Å². The van der Waals surface area contributed by atoms with Crippen LogP contribution in [0.1, 0.15) is 5.56 Å². The van der Waals surface area contributed by atoms with Crippen molar-refractivity contribution in [1.82, 2.24) is 24.7 Å². The van der Waals surface area contributed by atoms with Gasteiger partial charge in [0.15, 0.2) is 5.82 Å². The molecular formula is C20H16ClFN8O. The third-order valence-corrected chi connectivity index (χ3v) is 4.83. The molecule has 156 valence electrons. The molecule has 0 spiro atoms. The van der Waals surface area contributed by atoms with Crippen molar-refractivity contribution in [3.8, 4) is 11.8 Å². The van der Waals surface area contributed by atoms with Crippen molar-refractivity contribution in [3.05, 3.63) is 59.4 Å². The van der Waals surface area contributed by atoms with Gasteiger partial charge in [-0.3, -0.25) is 0 Å². The number of aliphatic hydroxyl groups excluding tert-OH is 1. The van der Waals surface area contributed by atoms with E-state index in [2.05, 4.69) is 25.4 Å². The van der Waals surface area contributed by atoms with Crippen LogP contribution in [0.3, 0.4) is 0 Å². The number of nitrogens with one attached hydrogen (secondary N) is 1. The van der Waals surface area contributed by atoms with E-state index in [1.165, 1.54) is 17.1 Å². The summed E-state index contributed by atoms with van der Waals surface area (Å²) in [5.41, 5.74) is 0.731. The van der Waals surface area contributed by atoms with Gasteiger partial charge in [-0.15, -0.1) is 0 Å². The van der Waals surface area contributed by atoms with Gasteiger partial charge in [0.2, 0.25) is 0 Å². The number of anilines is 3. The second-order valence-corrected chi connectivity index (χ2v) is 7.02. The smallest absolute Gasteiger partial charge is 0.151 e. The molecular weight excluding hydrogens is 423 g/mol. The molecule has 0 radical (unpaired) electrons. The number of benzene rings is 1. The molecule has 0 saturated heterocycles. The fourth-order valence-corrected chi connectivity index (χ4v) is 3.31. The van der Waals surface area contributed by atoms with Crippen LogP contribution >= 0.6 is 11.6 Å². The van der Waals surface area contributed by atoms with E-state index in [1.807, 2.05) is 6.07 Å². The van der Waals surface area contributed by atoms with E-state index >= 15 is 0 Å². The maximum absolute atomic E-state index is 14.7. The van der Waals surface area contributed by atoms with Crippen molar-refractivity contribution in [3.63, 3.8) is 0 Å². The van der Waals surface area contributed by atoms with Crippen LogP contribution in [0.25, 0.3) is 16.6 Å². The van der Waals surface area contributed by atoms with Crippen LogP contribution in [-0.4, -0.2) is 50.0 Å². The van der Waals surface area contributed by atoms with E-state index in [4.69, 9.17) is 22.0 Å². The first-order chi connectivity index (χ1) is 15.0. The molecule has 0 aliphatic heterocycles. The van der Waals surface area contributed by atoms with Crippen molar-refractivity contribution in [2.24, 2.45) is 0 Å². The minimum absolute atomic E-state index is 0.0000569. The molecule has 31 heavy (non-hydrogen) atoms. The molecule has 0 aliphatic carbocycles. The van der Waals surface area contributed by atoms with Gasteiger partial charge in [-0.1, -0.05) is 11.6 Å². The Morgan fingerprint density at radius 3 is 2.74 bits per heavy atom. The summed E-state index contributed by atoms with van der Waals surface area (Å²) >= 11 is 6.22. The zero-order valence-electron chi connectivity index (χ0n) is 16.3. The SMILES string of the molecule is CN(CCO)c1cc(Nc2cc3c(cn2)cnn3-c2c(F)cc(C#N)cc2Cl)ncn1. The van der Waals surface area contributed by atoms with Gasteiger partial charge in [-0.2, -0.15) is 10.4 Å². The maximum Gasteiger partial charge on any atom is 0.151 e. The summed E-state index contributed by atoms with van der Waals surface area (Å²) in [6.45, 7) is 0.427. The van der Waals surface area contributed by atoms with E-state index in [-0.39, 0.29) is 22.9 Å². The molecule has 9 nitrogen and oxygen atoms in total. The minimum Gasteiger partial charge on any atom is -0.395 e. The van der Waals surface area contributed by atoms with Gasteiger partial charge < -0.3 is 15.3 Å². The average Bonchev–Trinajstić information content (AvgIpc) is 3.16. The number of rotatable bonds is 6. The van der Waals surface area contributed by atoms with Crippen LogP contribution in [0.4, 0.5) is 21.8 Å². The molecule has 0 atom stereocenters. The van der Waals surface area contributed by atoms with Crippen molar-refractivity contribution >= 4 is 40.0 Å². The van der Waals surface area contributed by atoms with Crippen LogP contribution in [0.5, 0.6) is 0 Å². The van der Waals surface area contributed by atoms with Crippen LogP contribution in [0.15, 0.2) is 43.0 Å². The van der Waals surface area contributed by atoms with E-state index in [9.17, 15) is 4.39 Å². The Morgan fingerprint density at radius 1 is 1.19 bits per heavy atom. The van der Waals surface area contributed by atoms with Crippen molar-refractivity contribution in [2.75, 3.05) is 30.4 Å². The number of hydrogen-bond acceptors (Lipinski definition) is 8. The van der Waals surface area contributed by atoms with Gasteiger partial charge in [0.1, 0.15) is 29.5 Å². The van der Waals surface area contributed by atoms with Crippen molar-refractivity contribution < 1.29 is 9.50 Å².